The Bertz CT molecular complexity index is 1070. The van der Waals surface area contributed by atoms with Crippen molar-refractivity contribution in [3.8, 4) is 11.8 Å². The molecule has 7 heteroatoms. The lowest BCUT2D eigenvalue weighted by molar-refractivity contribution is 0.134. The third-order valence-electron chi connectivity index (χ3n) is 4.31. The van der Waals surface area contributed by atoms with Gasteiger partial charge in [0.1, 0.15) is 11.5 Å². The van der Waals surface area contributed by atoms with Crippen LogP contribution in [0.25, 0.3) is 0 Å². The summed E-state index contributed by atoms with van der Waals surface area (Å²) in [6, 6.07) is 7.75. The van der Waals surface area contributed by atoms with Gasteiger partial charge in [-0.2, -0.15) is 0 Å². The van der Waals surface area contributed by atoms with Gasteiger partial charge in [0.25, 0.3) is 0 Å². The van der Waals surface area contributed by atoms with Crippen molar-refractivity contribution in [3.63, 3.8) is 0 Å². The normalized spacial score (nSPS) is 12.4. The molecule has 27 heavy (non-hydrogen) atoms. The number of nitrogens with zero attached hydrogens (tertiary/aromatic N) is 2. The quantitative estimate of drug-likeness (QED) is 0.501. The molecular formula is C20H16ClN3O2S. The molecule has 1 aromatic carbocycles. The van der Waals surface area contributed by atoms with Crippen molar-refractivity contribution in [2.75, 3.05) is 4.72 Å². The number of fused-ring (bicyclic) bond motifs is 1. The molecule has 0 amide bonds. The minimum Gasteiger partial charge on any atom is -0.372 e. The van der Waals surface area contributed by atoms with Gasteiger partial charge in [0, 0.05) is 17.3 Å². The summed E-state index contributed by atoms with van der Waals surface area (Å²) < 4.78 is 13.8. The molecule has 0 spiro atoms. The number of ether oxygens (including phenoxy) is 1. The molecule has 0 unspecified atom stereocenters. The molecule has 3 heterocycles. The van der Waals surface area contributed by atoms with Gasteiger partial charge in [-0.05, 0) is 67.1 Å². The van der Waals surface area contributed by atoms with E-state index in [0.717, 1.165) is 32.9 Å². The van der Waals surface area contributed by atoms with E-state index in [0.29, 0.717) is 29.7 Å². The number of rotatable bonds is 3. The number of benzene rings is 1. The second-order valence-electron chi connectivity index (χ2n) is 6.11. The maximum atomic E-state index is 6.36. The summed E-state index contributed by atoms with van der Waals surface area (Å²) in [4.78, 5) is 5.28. The van der Waals surface area contributed by atoms with Crippen LogP contribution in [0.3, 0.4) is 0 Å². The van der Waals surface area contributed by atoms with Gasteiger partial charge in [0.05, 0.1) is 23.1 Å². The van der Waals surface area contributed by atoms with E-state index in [-0.39, 0.29) is 0 Å². The summed E-state index contributed by atoms with van der Waals surface area (Å²) in [5, 5.41) is 4.63. The highest BCUT2D eigenvalue weighted by molar-refractivity contribution is 8.00. The summed E-state index contributed by atoms with van der Waals surface area (Å²) in [7, 11) is 0. The number of hydrogen-bond donors (Lipinski definition) is 1. The van der Waals surface area contributed by atoms with Crippen molar-refractivity contribution >= 4 is 29.4 Å². The zero-order valence-electron chi connectivity index (χ0n) is 14.8. The third kappa shape index (κ3) is 3.81. The Kier molecular flexibility index (Phi) is 5.08. The lowest BCUT2D eigenvalue weighted by Crippen LogP contribution is -1.93. The van der Waals surface area contributed by atoms with Crippen LogP contribution < -0.4 is 4.72 Å². The Hall–Kier alpha value is -2.46. The van der Waals surface area contributed by atoms with E-state index >= 15 is 0 Å². The molecule has 0 saturated heterocycles. The minimum atomic E-state index is 0.603. The van der Waals surface area contributed by atoms with Crippen molar-refractivity contribution in [1.82, 2.24) is 10.1 Å². The molecule has 5 nitrogen and oxygen atoms in total. The van der Waals surface area contributed by atoms with E-state index in [2.05, 4.69) is 26.7 Å². The predicted octanol–water partition coefficient (Wildman–Crippen LogP) is 4.89. The average Bonchev–Trinajstić information content (AvgIpc) is 3.25. The molecule has 1 aliphatic heterocycles. The molecule has 1 N–H and O–H groups in total. The highest BCUT2D eigenvalue weighted by Crippen LogP contribution is 2.28. The predicted molar refractivity (Wildman–Crippen MR) is 106 cm³/mol. The number of halogens is 1. The summed E-state index contributed by atoms with van der Waals surface area (Å²) >= 11 is 7.76. The first-order chi connectivity index (χ1) is 13.1. The van der Waals surface area contributed by atoms with Crippen molar-refractivity contribution < 1.29 is 9.26 Å². The first-order valence-corrected chi connectivity index (χ1v) is 9.53. The number of pyridine rings is 1. The van der Waals surface area contributed by atoms with Gasteiger partial charge >= 0.3 is 0 Å². The topological polar surface area (TPSA) is 60.2 Å². The SMILES string of the molecule is Cc1onc(NSc2cccnc2C#Cc2cc3c(cc2Cl)COC3)c1C. The maximum Gasteiger partial charge on any atom is 0.182 e. The highest BCUT2D eigenvalue weighted by atomic mass is 35.5. The minimum absolute atomic E-state index is 0.603. The highest BCUT2D eigenvalue weighted by Gasteiger charge is 2.14. The Morgan fingerprint density at radius 1 is 1.19 bits per heavy atom. The van der Waals surface area contributed by atoms with Crippen LogP contribution in [0.5, 0.6) is 0 Å². The van der Waals surface area contributed by atoms with Gasteiger partial charge in [-0.3, -0.25) is 0 Å². The molecule has 0 fully saturated rings. The zero-order chi connectivity index (χ0) is 18.8. The standard InChI is InChI=1S/C20H16ClN3O2S/c1-12-13(2)26-23-20(12)24-27-19-4-3-7-22-18(19)6-5-14-8-15-10-25-11-16(15)9-17(14)21/h3-4,7-9H,10-11H2,1-2H3,(H,23,24). The third-order valence-corrected chi connectivity index (χ3v) is 5.46. The number of anilines is 1. The summed E-state index contributed by atoms with van der Waals surface area (Å²) in [5.41, 5.74) is 4.69. The van der Waals surface area contributed by atoms with Crippen LogP contribution >= 0.6 is 23.5 Å². The number of aromatic nitrogens is 2. The van der Waals surface area contributed by atoms with Crippen LogP contribution in [0.4, 0.5) is 5.82 Å². The Balaban J connectivity index is 1.57. The van der Waals surface area contributed by atoms with E-state index < -0.39 is 0 Å². The number of hydrogen-bond acceptors (Lipinski definition) is 6. The lowest BCUT2D eigenvalue weighted by atomic mass is 10.1. The Labute approximate surface area is 166 Å². The average molecular weight is 398 g/mol. The lowest BCUT2D eigenvalue weighted by Gasteiger charge is -2.04. The smallest absolute Gasteiger partial charge is 0.182 e. The molecule has 0 bridgehead atoms. The van der Waals surface area contributed by atoms with Crippen LogP contribution in [0, 0.1) is 25.7 Å². The molecule has 4 rings (SSSR count). The fourth-order valence-corrected chi connectivity index (χ4v) is 3.58. The van der Waals surface area contributed by atoms with Crippen molar-refractivity contribution in [2.24, 2.45) is 0 Å². The fourth-order valence-electron chi connectivity index (χ4n) is 2.60. The summed E-state index contributed by atoms with van der Waals surface area (Å²) in [6.07, 6.45) is 1.72. The van der Waals surface area contributed by atoms with Crippen molar-refractivity contribution in [3.05, 3.63) is 69.2 Å². The van der Waals surface area contributed by atoms with Gasteiger partial charge in [-0.25, -0.2) is 4.98 Å². The molecule has 0 saturated carbocycles. The van der Waals surface area contributed by atoms with Crippen LogP contribution in [0.1, 0.15) is 33.7 Å². The first-order valence-electron chi connectivity index (χ1n) is 8.33. The number of aryl methyl sites for hydroxylation is 1. The maximum absolute atomic E-state index is 6.36. The summed E-state index contributed by atoms with van der Waals surface area (Å²) in [6.45, 7) is 5.05. The van der Waals surface area contributed by atoms with Crippen LogP contribution in [0.2, 0.25) is 5.02 Å². The van der Waals surface area contributed by atoms with Gasteiger partial charge in [0.15, 0.2) is 5.82 Å². The van der Waals surface area contributed by atoms with Gasteiger partial charge in [-0.1, -0.05) is 22.7 Å². The largest absolute Gasteiger partial charge is 0.372 e. The molecule has 0 atom stereocenters. The van der Waals surface area contributed by atoms with Crippen LogP contribution in [0.15, 0.2) is 39.9 Å². The van der Waals surface area contributed by atoms with E-state index in [1.807, 2.05) is 38.1 Å². The molecule has 136 valence electrons. The van der Waals surface area contributed by atoms with Gasteiger partial charge < -0.3 is 14.0 Å². The second kappa shape index (κ2) is 7.65. The van der Waals surface area contributed by atoms with E-state index in [1.165, 1.54) is 11.9 Å². The van der Waals surface area contributed by atoms with Crippen molar-refractivity contribution in [2.45, 2.75) is 32.0 Å². The molecule has 2 aromatic heterocycles. The van der Waals surface area contributed by atoms with Gasteiger partial charge in [-0.15, -0.1) is 0 Å². The van der Waals surface area contributed by atoms with Gasteiger partial charge in [0.2, 0.25) is 0 Å². The summed E-state index contributed by atoms with van der Waals surface area (Å²) in [5.74, 6) is 7.75. The Morgan fingerprint density at radius 3 is 2.78 bits per heavy atom. The van der Waals surface area contributed by atoms with E-state index in [1.54, 1.807) is 6.20 Å². The zero-order valence-corrected chi connectivity index (χ0v) is 16.4. The number of nitrogens with one attached hydrogen (secondary N) is 1. The van der Waals surface area contributed by atoms with E-state index in [4.69, 9.17) is 20.9 Å². The van der Waals surface area contributed by atoms with Crippen LogP contribution in [-0.2, 0) is 18.0 Å². The molecule has 0 radical (unpaired) electrons. The Morgan fingerprint density at radius 2 is 2.00 bits per heavy atom. The van der Waals surface area contributed by atoms with Crippen LogP contribution in [-0.4, -0.2) is 10.1 Å². The van der Waals surface area contributed by atoms with E-state index in [9.17, 15) is 0 Å². The monoisotopic (exact) mass is 397 g/mol. The molecular weight excluding hydrogens is 382 g/mol. The second-order valence-corrected chi connectivity index (χ2v) is 7.37. The van der Waals surface area contributed by atoms with Crippen molar-refractivity contribution in [1.29, 1.82) is 0 Å². The fraction of sp³-hybridized carbons (Fsp3) is 0.200. The molecule has 0 aliphatic carbocycles. The molecule has 3 aromatic rings. The first kappa shape index (κ1) is 17.9. The molecule has 1 aliphatic rings.